The predicted octanol–water partition coefficient (Wildman–Crippen LogP) is 6.30. The van der Waals surface area contributed by atoms with Gasteiger partial charge in [0.15, 0.2) is 11.4 Å². The van der Waals surface area contributed by atoms with E-state index in [9.17, 15) is 9.90 Å². The Bertz CT molecular complexity index is 1650. The Hall–Kier alpha value is -4.48. The van der Waals surface area contributed by atoms with Crippen molar-refractivity contribution in [3.05, 3.63) is 137 Å². The number of hydrogen-bond donors (Lipinski definition) is 4. The average Bonchev–Trinajstić information content (AvgIpc) is 3.63. The summed E-state index contributed by atoms with van der Waals surface area (Å²) >= 11 is 1.57. The zero-order valence-corrected chi connectivity index (χ0v) is 25.5. The maximum Gasteiger partial charge on any atom is 0.315 e. The van der Waals surface area contributed by atoms with Crippen molar-refractivity contribution in [2.75, 3.05) is 5.75 Å². The molecule has 5 aromatic rings. The van der Waals surface area contributed by atoms with Crippen LogP contribution in [0.4, 0.5) is 4.79 Å². The van der Waals surface area contributed by atoms with Crippen molar-refractivity contribution in [3.63, 3.8) is 0 Å². The molecule has 0 bridgehead atoms. The zero-order chi connectivity index (χ0) is 30.8. The van der Waals surface area contributed by atoms with Gasteiger partial charge in [0.1, 0.15) is 6.33 Å². The van der Waals surface area contributed by atoms with Crippen LogP contribution in [0, 0.1) is 0 Å². The molecule has 230 valence electrons. The number of hydrogen-bond acceptors (Lipinski definition) is 7. The van der Waals surface area contributed by atoms with E-state index in [1.165, 1.54) is 6.33 Å². The zero-order valence-electron chi connectivity index (χ0n) is 24.6. The van der Waals surface area contributed by atoms with Gasteiger partial charge in [0.25, 0.3) is 0 Å². The molecule has 10 heteroatoms. The normalized spacial score (nSPS) is 17.9. The first kappa shape index (κ1) is 30.5. The summed E-state index contributed by atoms with van der Waals surface area (Å²) < 4.78 is 13.0. The summed E-state index contributed by atoms with van der Waals surface area (Å²) in [7, 11) is 0. The van der Waals surface area contributed by atoms with Gasteiger partial charge in [-0.05, 0) is 33.4 Å². The predicted molar refractivity (Wildman–Crippen MR) is 173 cm³/mol. The molecule has 1 aliphatic rings. The molecule has 1 aromatic heterocycles. The highest BCUT2D eigenvalue weighted by Gasteiger charge is 2.32. The van der Waals surface area contributed by atoms with E-state index in [1.807, 2.05) is 84.9 Å². The summed E-state index contributed by atoms with van der Waals surface area (Å²) in [6, 6.07) is 33.7. The number of benzene rings is 4. The van der Waals surface area contributed by atoms with Gasteiger partial charge in [-0.3, -0.25) is 5.10 Å². The maximum atomic E-state index is 12.5. The monoisotopic (exact) mass is 621 g/mol. The number of aromatic nitrogens is 3. The molecule has 9 nitrogen and oxygen atoms in total. The molecule has 0 aliphatic carbocycles. The summed E-state index contributed by atoms with van der Waals surface area (Å²) in [6.07, 6.45) is 1.38. The number of ether oxygens (including phenoxy) is 2. The van der Waals surface area contributed by atoms with Gasteiger partial charge in [0, 0.05) is 30.8 Å². The molecule has 0 radical (unpaired) electrons. The van der Waals surface area contributed by atoms with Crippen LogP contribution in [0.5, 0.6) is 0 Å². The van der Waals surface area contributed by atoms with Crippen LogP contribution in [-0.2, 0) is 29.2 Å². The van der Waals surface area contributed by atoms with Crippen LogP contribution in [0.15, 0.2) is 115 Å². The Balaban J connectivity index is 1.14. The van der Waals surface area contributed by atoms with E-state index in [0.717, 1.165) is 44.1 Å². The number of carbonyl (C=O) groups excluding carboxylic acids is 1. The molecule has 1 saturated heterocycles. The Labute approximate surface area is 266 Å². The fraction of sp³-hybridized carbons (Fsp3) is 0.229. The van der Waals surface area contributed by atoms with Crippen LogP contribution >= 0.6 is 11.8 Å². The lowest BCUT2D eigenvalue weighted by Gasteiger charge is -2.36. The van der Waals surface area contributed by atoms with E-state index in [2.05, 4.69) is 44.0 Å². The summed E-state index contributed by atoms with van der Waals surface area (Å²) in [4.78, 5) is 16.7. The second kappa shape index (κ2) is 15.0. The quantitative estimate of drug-likeness (QED) is 0.128. The second-order valence-electron chi connectivity index (χ2n) is 10.8. The van der Waals surface area contributed by atoms with Gasteiger partial charge in [-0.1, -0.05) is 115 Å². The molecule has 45 heavy (non-hydrogen) atoms. The van der Waals surface area contributed by atoms with E-state index in [0.29, 0.717) is 25.3 Å². The largest absolute Gasteiger partial charge is 0.392 e. The van der Waals surface area contributed by atoms with E-state index in [-0.39, 0.29) is 24.8 Å². The lowest BCUT2D eigenvalue weighted by Crippen LogP contribution is -2.34. The highest BCUT2D eigenvalue weighted by molar-refractivity contribution is 7.99. The second-order valence-corrected chi connectivity index (χ2v) is 11.8. The Morgan fingerprint density at radius 3 is 2.33 bits per heavy atom. The summed E-state index contributed by atoms with van der Waals surface area (Å²) in [6.45, 7) is 0.866. The average molecular weight is 622 g/mol. The molecule has 4 N–H and O–H groups in total. The molecule has 4 aromatic carbocycles. The first-order valence-corrected chi connectivity index (χ1v) is 15.9. The molecule has 0 saturated carbocycles. The number of rotatable bonds is 11. The Morgan fingerprint density at radius 1 is 0.844 bits per heavy atom. The van der Waals surface area contributed by atoms with Gasteiger partial charge in [-0.2, -0.15) is 5.10 Å². The number of aliphatic hydroxyl groups is 1. The van der Waals surface area contributed by atoms with Crippen LogP contribution in [0.1, 0.15) is 46.6 Å². The Morgan fingerprint density at radius 2 is 1.58 bits per heavy atom. The minimum atomic E-state index is -0.555. The molecule has 3 unspecified atom stereocenters. The topological polar surface area (TPSA) is 121 Å². The van der Waals surface area contributed by atoms with Crippen LogP contribution < -0.4 is 10.6 Å². The summed E-state index contributed by atoms with van der Waals surface area (Å²) in [5.74, 6) is 0.692. The van der Waals surface area contributed by atoms with Gasteiger partial charge < -0.3 is 25.2 Å². The fourth-order valence-electron chi connectivity index (χ4n) is 5.25. The SMILES string of the molecule is O=C(NCc1ccccc1)NCc1ccccc1-c1ccc(C2OC(CSc3ncn[nH]3)CC(c3ccc(CO)cc3)O2)cc1. The van der Waals surface area contributed by atoms with Crippen LogP contribution in [-0.4, -0.2) is 38.2 Å². The number of amides is 2. The van der Waals surface area contributed by atoms with Crippen LogP contribution in [0.25, 0.3) is 11.1 Å². The van der Waals surface area contributed by atoms with Gasteiger partial charge >= 0.3 is 6.03 Å². The number of nitrogens with one attached hydrogen (secondary N) is 3. The molecule has 1 fully saturated rings. The highest BCUT2D eigenvalue weighted by Crippen LogP contribution is 2.39. The van der Waals surface area contributed by atoms with Crippen molar-refractivity contribution in [3.8, 4) is 11.1 Å². The molecule has 6 rings (SSSR count). The third-order valence-corrected chi connectivity index (χ3v) is 8.67. The molecule has 0 spiro atoms. The van der Waals surface area contributed by atoms with Gasteiger partial charge in [-0.25, -0.2) is 9.78 Å². The fourth-order valence-corrected chi connectivity index (χ4v) is 6.05. The Kier molecular flexibility index (Phi) is 10.2. The first-order chi connectivity index (χ1) is 22.1. The number of aliphatic hydroxyl groups excluding tert-OH is 1. The van der Waals surface area contributed by atoms with Crippen LogP contribution in [0.3, 0.4) is 0 Å². The van der Waals surface area contributed by atoms with Crippen molar-refractivity contribution in [1.29, 1.82) is 0 Å². The van der Waals surface area contributed by atoms with Crippen molar-refractivity contribution >= 4 is 17.8 Å². The molecule has 2 heterocycles. The van der Waals surface area contributed by atoms with Crippen molar-refractivity contribution in [2.24, 2.45) is 0 Å². The lowest BCUT2D eigenvalue weighted by atomic mass is 9.98. The van der Waals surface area contributed by atoms with Crippen LogP contribution in [0.2, 0.25) is 0 Å². The molecular weight excluding hydrogens is 586 g/mol. The maximum absolute atomic E-state index is 12.5. The number of aromatic amines is 1. The van der Waals surface area contributed by atoms with Gasteiger partial charge in [-0.15, -0.1) is 0 Å². The highest BCUT2D eigenvalue weighted by atomic mass is 32.2. The minimum Gasteiger partial charge on any atom is -0.392 e. The lowest BCUT2D eigenvalue weighted by molar-refractivity contribution is -0.245. The third kappa shape index (κ3) is 8.17. The van der Waals surface area contributed by atoms with Crippen molar-refractivity contribution in [2.45, 2.75) is 49.8 Å². The van der Waals surface area contributed by atoms with Crippen molar-refractivity contribution in [1.82, 2.24) is 25.8 Å². The van der Waals surface area contributed by atoms with Gasteiger partial charge in [0.2, 0.25) is 0 Å². The molecule has 2 amide bonds. The first-order valence-electron chi connectivity index (χ1n) is 14.9. The van der Waals surface area contributed by atoms with E-state index < -0.39 is 6.29 Å². The third-order valence-electron chi connectivity index (χ3n) is 7.66. The molecule has 3 atom stereocenters. The standard InChI is InChI=1S/C35H35N5O4S/c41-21-25-10-12-27(13-11-25)32-18-30(22-45-35-38-23-39-40-35)43-33(44-32)28-16-14-26(15-17-28)31-9-5-4-8-29(31)20-37-34(42)36-19-24-6-2-1-3-7-24/h1-17,23,30,32-33,41H,18-22H2,(H2,36,37,42)(H,38,39,40). The van der Waals surface area contributed by atoms with Crippen molar-refractivity contribution < 1.29 is 19.4 Å². The number of nitrogens with zero attached hydrogens (tertiary/aromatic N) is 2. The molecule has 1 aliphatic heterocycles. The van der Waals surface area contributed by atoms with Gasteiger partial charge in [0.05, 0.1) is 18.8 Å². The number of H-pyrrole nitrogens is 1. The summed E-state index contributed by atoms with van der Waals surface area (Å²) in [5.41, 5.74) is 6.96. The van der Waals surface area contributed by atoms with E-state index in [4.69, 9.17) is 9.47 Å². The van der Waals surface area contributed by atoms with E-state index in [1.54, 1.807) is 11.8 Å². The summed E-state index contributed by atoms with van der Waals surface area (Å²) in [5, 5.41) is 23.0. The number of thioether (sulfide) groups is 1. The number of carbonyl (C=O) groups is 1. The van der Waals surface area contributed by atoms with E-state index >= 15 is 0 Å². The molecular formula is C35H35N5O4S. The number of urea groups is 1. The smallest absolute Gasteiger partial charge is 0.315 e. The minimum absolute atomic E-state index is 0.000975.